The molecule has 0 fully saturated rings. The Balaban J connectivity index is 1.92. The number of carbonyl (C=O) groups excluding carboxylic acids is 1. The first-order chi connectivity index (χ1) is 12.6. The van der Waals surface area contributed by atoms with Crippen molar-refractivity contribution in [3.8, 4) is 22.6 Å². The molecule has 1 aliphatic rings. The van der Waals surface area contributed by atoms with Crippen LogP contribution in [0.5, 0.6) is 11.5 Å². The number of hydrogen-bond donors (Lipinski definition) is 1. The van der Waals surface area contributed by atoms with Gasteiger partial charge >= 0.3 is 0 Å². The fraction of sp³-hybridized carbons (Fsp3) is 0.150. The van der Waals surface area contributed by atoms with Crippen LogP contribution in [0.3, 0.4) is 0 Å². The van der Waals surface area contributed by atoms with Gasteiger partial charge in [-0.1, -0.05) is 12.1 Å². The lowest BCUT2D eigenvalue weighted by Crippen LogP contribution is -2.16. The summed E-state index contributed by atoms with van der Waals surface area (Å²) in [6, 6.07) is 15.8. The van der Waals surface area contributed by atoms with E-state index in [0.29, 0.717) is 0 Å². The molecule has 2 heterocycles. The number of methoxy groups -OCH3 is 1. The van der Waals surface area contributed by atoms with Crippen molar-refractivity contribution in [2.45, 2.75) is 13.0 Å². The Kier molecular flexibility index (Phi) is 4.46. The van der Waals surface area contributed by atoms with Gasteiger partial charge in [0.25, 0.3) is 0 Å². The Hall–Kier alpha value is -2.31. The molecule has 6 heteroatoms. The van der Waals surface area contributed by atoms with Gasteiger partial charge in [-0.05, 0) is 57.9 Å². The van der Waals surface area contributed by atoms with Crippen LogP contribution in [0, 0.1) is 0 Å². The van der Waals surface area contributed by atoms with Crippen LogP contribution in [0.15, 0.2) is 52.3 Å². The Morgan fingerprint density at radius 2 is 2.08 bits per heavy atom. The third-order valence-electron chi connectivity index (χ3n) is 4.23. The lowest BCUT2D eigenvalue weighted by atomic mass is 9.91. The van der Waals surface area contributed by atoms with Crippen LogP contribution in [-0.4, -0.2) is 13.0 Å². The third-order valence-corrected chi connectivity index (χ3v) is 5.90. The fourth-order valence-corrected chi connectivity index (χ4v) is 4.68. The molecule has 26 heavy (non-hydrogen) atoms. The lowest BCUT2D eigenvalue weighted by molar-refractivity contribution is -0.114. The summed E-state index contributed by atoms with van der Waals surface area (Å²) in [6.07, 6.45) is -0.241. The van der Waals surface area contributed by atoms with Crippen molar-refractivity contribution in [2.75, 3.05) is 12.4 Å². The van der Waals surface area contributed by atoms with E-state index in [0.717, 1.165) is 42.5 Å². The largest absolute Gasteiger partial charge is 0.496 e. The number of anilines is 1. The molecular formula is C20H16BrNO3S. The highest BCUT2D eigenvalue weighted by molar-refractivity contribution is 9.11. The normalized spacial score (nSPS) is 14.8. The summed E-state index contributed by atoms with van der Waals surface area (Å²) in [5, 5.41) is 2.85. The predicted molar refractivity (Wildman–Crippen MR) is 107 cm³/mol. The summed E-state index contributed by atoms with van der Waals surface area (Å²) in [6.45, 7) is 1.50. The smallest absolute Gasteiger partial charge is 0.221 e. The average molecular weight is 430 g/mol. The van der Waals surface area contributed by atoms with Crippen LogP contribution in [0.1, 0.15) is 23.5 Å². The zero-order valence-corrected chi connectivity index (χ0v) is 16.6. The number of amides is 1. The van der Waals surface area contributed by atoms with Crippen molar-refractivity contribution >= 4 is 38.9 Å². The van der Waals surface area contributed by atoms with Gasteiger partial charge in [-0.25, -0.2) is 0 Å². The molecule has 0 bridgehead atoms. The molecule has 1 aromatic heterocycles. The van der Waals surface area contributed by atoms with Crippen molar-refractivity contribution in [3.63, 3.8) is 0 Å². The van der Waals surface area contributed by atoms with E-state index in [1.807, 2.05) is 42.5 Å². The third kappa shape index (κ3) is 2.99. The Morgan fingerprint density at radius 1 is 1.23 bits per heavy atom. The highest BCUT2D eigenvalue weighted by Gasteiger charge is 2.30. The molecule has 1 aliphatic heterocycles. The van der Waals surface area contributed by atoms with Crippen molar-refractivity contribution in [2.24, 2.45) is 0 Å². The molecule has 1 atom stereocenters. The van der Waals surface area contributed by atoms with Crippen molar-refractivity contribution in [3.05, 3.63) is 62.8 Å². The number of fused-ring (bicyclic) bond motifs is 3. The van der Waals surface area contributed by atoms with Gasteiger partial charge in [-0.3, -0.25) is 4.79 Å². The molecule has 0 aliphatic carbocycles. The quantitative estimate of drug-likeness (QED) is 0.586. The van der Waals surface area contributed by atoms with Gasteiger partial charge in [0, 0.05) is 18.2 Å². The van der Waals surface area contributed by atoms with Gasteiger partial charge < -0.3 is 14.8 Å². The zero-order chi connectivity index (χ0) is 18.3. The van der Waals surface area contributed by atoms with Gasteiger partial charge in [0.05, 0.1) is 21.3 Å². The fourth-order valence-electron chi connectivity index (χ4n) is 3.20. The number of halogens is 1. The van der Waals surface area contributed by atoms with Crippen molar-refractivity contribution in [1.82, 2.24) is 0 Å². The second kappa shape index (κ2) is 6.78. The molecule has 4 rings (SSSR count). The van der Waals surface area contributed by atoms with Crippen molar-refractivity contribution < 1.29 is 14.3 Å². The van der Waals surface area contributed by atoms with E-state index in [-0.39, 0.29) is 12.0 Å². The first-order valence-corrected chi connectivity index (χ1v) is 9.68. The number of thiophene rings is 1. The van der Waals surface area contributed by atoms with Crippen LogP contribution in [-0.2, 0) is 4.79 Å². The van der Waals surface area contributed by atoms with Crippen LogP contribution in [0.25, 0.3) is 11.1 Å². The minimum absolute atomic E-state index is 0.102. The molecule has 2 aromatic carbocycles. The molecule has 3 aromatic rings. The summed E-state index contributed by atoms with van der Waals surface area (Å²) >= 11 is 5.16. The highest BCUT2D eigenvalue weighted by atomic mass is 79.9. The minimum atomic E-state index is -0.241. The first kappa shape index (κ1) is 17.1. The van der Waals surface area contributed by atoms with Gasteiger partial charge in [0.15, 0.2) is 6.10 Å². The molecule has 132 valence electrons. The van der Waals surface area contributed by atoms with Crippen LogP contribution in [0.2, 0.25) is 0 Å². The topological polar surface area (TPSA) is 47.6 Å². The van der Waals surface area contributed by atoms with E-state index in [1.165, 1.54) is 6.92 Å². The number of rotatable bonds is 3. The summed E-state index contributed by atoms with van der Waals surface area (Å²) in [5.74, 6) is 1.45. The first-order valence-electron chi connectivity index (χ1n) is 8.07. The second-order valence-corrected chi connectivity index (χ2v) is 8.45. The highest BCUT2D eigenvalue weighted by Crippen LogP contribution is 2.50. The zero-order valence-electron chi connectivity index (χ0n) is 14.2. The maximum absolute atomic E-state index is 11.5. The predicted octanol–water partition coefficient (Wildman–Crippen LogP) is 5.63. The molecule has 0 saturated heterocycles. The average Bonchev–Trinajstić information content (AvgIpc) is 3.06. The monoisotopic (exact) mass is 429 g/mol. The standard InChI is InChI=1S/C20H16BrNO3S/c1-11(23)22-12-6-7-13-14(10-12)20(17-8-9-18(21)26-17)25-16-5-3-4-15(24-2)19(13)16/h3-10,20H,1-2H3,(H,22,23). The molecule has 1 unspecified atom stereocenters. The molecule has 1 amide bonds. The van der Waals surface area contributed by atoms with E-state index in [9.17, 15) is 4.79 Å². The molecule has 4 nitrogen and oxygen atoms in total. The lowest BCUT2D eigenvalue weighted by Gasteiger charge is -2.29. The Bertz CT molecular complexity index is 998. The molecule has 0 spiro atoms. The van der Waals surface area contributed by atoms with Gasteiger partial charge in [0.2, 0.25) is 5.91 Å². The van der Waals surface area contributed by atoms with Gasteiger partial charge in [0.1, 0.15) is 11.5 Å². The number of carbonyl (C=O) groups is 1. The number of nitrogens with one attached hydrogen (secondary N) is 1. The summed E-state index contributed by atoms with van der Waals surface area (Å²) in [5.41, 5.74) is 3.74. The van der Waals surface area contributed by atoms with Crippen LogP contribution in [0.4, 0.5) is 5.69 Å². The molecule has 1 N–H and O–H groups in total. The minimum Gasteiger partial charge on any atom is -0.496 e. The second-order valence-electron chi connectivity index (χ2n) is 5.96. The van der Waals surface area contributed by atoms with E-state index in [4.69, 9.17) is 9.47 Å². The Morgan fingerprint density at radius 3 is 2.77 bits per heavy atom. The van der Waals surface area contributed by atoms with Gasteiger partial charge in [-0.15, -0.1) is 11.3 Å². The van der Waals surface area contributed by atoms with Crippen LogP contribution < -0.4 is 14.8 Å². The van der Waals surface area contributed by atoms with E-state index in [2.05, 4.69) is 27.3 Å². The Labute approximate surface area is 163 Å². The van der Waals surface area contributed by atoms with Crippen molar-refractivity contribution in [1.29, 1.82) is 0 Å². The van der Waals surface area contributed by atoms with Crippen LogP contribution >= 0.6 is 27.3 Å². The maximum Gasteiger partial charge on any atom is 0.221 e. The molecule has 0 radical (unpaired) electrons. The maximum atomic E-state index is 11.5. The van der Waals surface area contributed by atoms with E-state index < -0.39 is 0 Å². The summed E-state index contributed by atoms with van der Waals surface area (Å²) in [7, 11) is 1.66. The van der Waals surface area contributed by atoms with Gasteiger partial charge in [-0.2, -0.15) is 0 Å². The summed E-state index contributed by atoms with van der Waals surface area (Å²) in [4.78, 5) is 12.6. The number of ether oxygens (including phenoxy) is 2. The van der Waals surface area contributed by atoms with E-state index >= 15 is 0 Å². The molecular weight excluding hydrogens is 414 g/mol. The number of benzene rings is 2. The summed E-state index contributed by atoms with van der Waals surface area (Å²) < 4.78 is 13.0. The number of hydrogen-bond acceptors (Lipinski definition) is 4. The van der Waals surface area contributed by atoms with E-state index in [1.54, 1.807) is 18.4 Å². The SMILES string of the molecule is COc1cccc2c1-c1ccc(NC(C)=O)cc1C(c1ccc(Br)s1)O2. The molecule has 0 saturated carbocycles.